The smallest absolute Gasteiger partial charge is 0.337 e. The first-order valence-corrected chi connectivity index (χ1v) is 6.85. The van der Waals surface area contributed by atoms with Crippen LogP contribution in [0.25, 0.3) is 0 Å². The third-order valence-corrected chi connectivity index (χ3v) is 3.22. The molecule has 0 aromatic heterocycles. The summed E-state index contributed by atoms with van der Waals surface area (Å²) in [6.07, 6.45) is 0.667. The number of anilines is 1. The number of rotatable bonds is 6. The van der Waals surface area contributed by atoms with Crippen molar-refractivity contribution in [3.63, 3.8) is 0 Å². The van der Waals surface area contributed by atoms with Crippen LogP contribution in [0.3, 0.4) is 0 Å². The Hall–Kier alpha value is -1.50. The molecule has 2 N–H and O–H groups in total. The van der Waals surface area contributed by atoms with E-state index in [1.165, 1.54) is 17.0 Å². The van der Waals surface area contributed by atoms with Gasteiger partial charge in [-0.2, -0.15) is 0 Å². The van der Waals surface area contributed by atoms with Crippen molar-refractivity contribution in [2.24, 2.45) is 0 Å². The molecule has 21 heavy (non-hydrogen) atoms. The summed E-state index contributed by atoms with van der Waals surface area (Å²) in [5, 5.41) is 11.9. The first kappa shape index (κ1) is 17.6. The normalized spacial score (nSPS) is 10.3. The number of carboxylic acid groups (broad SMARTS) is 1. The maximum Gasteiger partial charge on any atom is 0.337 e. The molecule has 0 fully saturated rings. The number of methoxy groups -OCH3 is 1. The van der Waals surface area contributed by atoms with Gasteiger partial charge in [0.2, 0.25) is 0 Å². The van der Waals surface area contributed by atoms with Crippen LogP contribution in [0, 0.1) is 0 Å². The van der Waals surface area contributed by atoms with Crippen LogP contribution in [0.15, 0.2) is 12.1 Å². The van der Waals surface area contributed by atoms with Crippen molar-refractivity contribution in [2.75, 3.05) is 32.6 Å². The predicted molar refractivity (Wildman–Crippen MR) is 81.6 cm³/mol. The monoisotopic (exact) mass is 334 g/mol. The van der Waals surface area contributed by atoms with Gasteiger partial charge in [-0.3, -0.25) is 0 Å². The molecule has 1 aromatic carbocycles. The minimum absolute atomic E-state index is 0.0251. The van der Waals surface area contributed by atoms with E-state index >= 15 is 0 Å². The second-order valence-corrected chi connectivity index (χ2v) is 5.16. The van der Waals surface area contributed by atoms with Crippen LogP contribution in [0.2, 0.25) is 10.0 Å². The van der Waals surface area contributed by atoms with Crippen molar-refractivity contribution in [3.05, 3.63) is 27.7 Å². The third kappa shape index (κ3) is 5.08. The molecular formula is C13H16Cl2N2O4. The molecular weight excluding hydrogens is 319 g/mol. The van der Waals surface area contributed by atoms with Crippen LogP contribution in [0.1, 0.15) is 16.8 Å². The van der Waals surface area contributed by atoms with Gasteiger partial charge >= 0.3 is 12.0 Å². The summed E-state index contributed by atoms with van der Waals surface area (Å²) in [6.45, 7) is 0.993. The first-order valence-electron chi connectivity index (χ1n) is 6.10. The van der Waals surface area contributed by atoms with E-state index in [9.17, 15) is 9.59 Å². The second-order valence-electron chi connectivity index (χ2n) is 4.31. The van der Waals surface area contributed by atoms with Crippen molar-refractivity contribution in [3.8, 4) is 0 Å². The molecule has 1 aromatic rings. The number of nitrogens with zero attached hydrogens (tertiary/aromatic N) is 1. The van der Waals surface area contributed by atoms with Gasteiger partial charge in [0.25, 0.3) is 0 Å². The predicted octanol–water partition coefficient (Wildman–Crippen LogP) is 3.19. The molecule has 0 spiro atoms. The number of carbonyl (C=O) groups excluding carboxylic acids is 1. The molecule has 8 heteroatoms. The molecule has 0 aliphatic carbocycles. The molecule has 116 valence electrons. The Morgan fingerprint density at radius 2 is 2.05 bits per heavy atom. The van der Waals surface area contributed by atoms with E-state index in [0.717, 1.165) is 0 Å². The van der Waals surface area contributed by atoms with Gasteiger partial charge in [0, 0.05) is 32.3 Å². The standard InChI is InChI=1S/C13H16Cl2N2O4/c1-17(4-3-5-21-2)13(20)16-11-9(12(18)19)6-8(14)7-10(11)15/h6-7H,3-5H2,1-2H3,(H,16,20)(H,18,19). The number of hydrogen-bond donors (Lipinski definition) is 2. The van der Waals surface area contributed by atoms with E-state index in [1.807, 2.05) is 0 Å². The molecule has 0 unspecified atom stereocenters. The topological polar surface area (TPSA) is 78.9 Å². The summed E-state index contributed by atoms with van der Waals surface area (Å²) in [4.78, 5) is 24.6. The van der Waals surface area contributed by atoms with Crippen molar-refractivity contribution in [1.29, 1.82) is 0 Å². The highest BCUT2D eigenvalue weighted by Crippen LogP contribution is 2.30. The zero-order chi connectivity index (χ0) is 16.0. The van der Waals surface area contributed by atoms with Gasteiger partial charge in [-0.1, -0.05) is 23.2 Å². The van der Waals surface area contributed by atoms with Crippen LogP contribution in [0.5, 0.6) is 0 Å². The number of carboxylic acids is 1. The molecule has 0 aliphatic heterocycles. The minimum Gasteiger partial charge on any atom is -0.478 e. The zero-order valence-electron chi connectivity index (χ0n) is 11.7. The highest BCUT2D eigenvalue weighted by Gasteiger charge is 2.18. The Bertz CT molecular complexity index is 537. The number of benzene rings is 1. The summed E-state index contributed by atoms with van der Waals surface area (Å²) >= 11 is 11.7. The van der Waals surface area contributed by atoms with Crippen LogP contribution in [-0.4, -0.2) is 49.3 Å². The summed E-state index contributed by atoms with van der Waals surface area (Å²) in [5.74, 6) is -1.23. The Morgan fingerprint density at radius 1 is 1.38 bits per heavy atom. The highest BCUT2D eigenvalue weighted by molar-refractivity contribution is 6.37. The van der Waals surface area contributed by atoms with E-state index in [1.54, 1.807) is 14.2 Å². The van der Waals surface area contributed by atoms with Gasteiger partial charge in [-0.25, -0.2) is 9.59 Å². The Morgan fingerprint density at radius 3 is 2.62 bits per heavy atom. The van der Waals surface area contributed by atoms with Crippen LogP contribution in [0.4, 0.5) is 10.5 Å². The zero-order valence-corrected chi connectivity index (χ0v) is 13.2. The first-order chi connectivity index (χ1) is 9.86. The fourth-order valence-corrected chi connectivity index (χ4v) is 2.16. The van der Waals surface area contributed by atoms with Crippen LogP contribution >= 0.6 is 23.2 Å². The lowest BCUT2D eigenvalue weighted by atomic mass is 10.2. The largest absolute Gasteiger partial charge is 0.478 e. The van der Waals surface area contributed by atoms with E-state index in [2.05, 4.69) is 5.32 Å². The molecule has 2 amide bonds. The lowest BCUT2D eigenvalue weighted by Crippen LogP contribution is -2.33. The van der Waals surface area contributed by atoms with Gasteiger partial charge in [0.05, 0.1) is 16.3 Å². The lowest BCUT2D eigenvalue weighted by molar-refractivity contribution is 0.0698. The number of amides is 2. The number of nitrogens with one attached hydrogen (secondary N) is 1. The summed E-state index contributed by atoms with van der Waals surface area (Å²) < 4.78 is 4.90. The lowest BCUT2D eigenvalue weighted by Gasteiger charge is -2.19. The van der Waals surface area contributed by atoms with E-state index in [4.69, 9.17) is 33.0 Å². The maximum absolute atomic E-state index is 12.0. The number of urea groups is 1. The fraction of sp³-hybridized carbons (Fsp3) is 0.385. The van der Waals surface area contributed by atoms with E-state index < -0.39 is 12.0 Å². The molecule has 0 aliphatic rings. The van der Waals surface area contributed by atoms with E-state index in [-0.39, 0.29) is 21.3 Å². The van der Waals surface area contributed by atoms with Gasteiger partial charge in [-0.05, 0) is 18.6 Å². The SMILES string of the molecule is COCCCN(C)C(=O)Nc1c(Cl)cc(Cl)cc1C(=O)O. The number of halogens is 2. The molecule has 0 radical (unpaired) electrons. The number of carbonyl (C=O) groups is 2. The van der Waals surface area contributed by atoms with Gasteiger partial charge in [0.15, 0.2) is 0 Å². The second kappa shape index (κ2) is 8.07. The van der Waals surface area contributed by atoms with Crippen molar-refractivity contribution in [2.45, 2.75) is 6.42 Å². The quantitative estimate of drug-likeness (QED) is 0.783. The van der Waals surface area contributed by atoms with Crippen LogP contribution < -0.4 is 5.32 Å². The molecule has 0 atom stereocenters. The Labute approximate surface area is 132 Å². The van der Waals surface area contributed by atoms with Crippen LogP contribution in [-0.2, 0) is 4.74 Å². The summed E-state index contributed by atoms with van der Waals surface area (Å²) in [5.41, 5.74) is -0.136. The highest BCUT2D eigenvalue weighted by atomic mass is 35.5. The van der Waals surface area contributed by atoms with Crippen molar-refractivity contribution < 1.29 is 19.4 Å². The number of ether oxygens (including phenoxy) is 1. The molecule has 0 saturated carbocycles. The number of hydrogen-bond acceptors (Lipinski definition) is 3. The number of aromatic carboxylic acids is 1. The molecule has 1 rings (SSSR count). The Kier molecular flexibility index (Phi) is 6.74. The molecule has 0 saturated heterocycles. The maximum atomic E-state index is 12.0. The average Bonchev–Trinajstić information content (AvgIpc) is 2.41. The molecule has 0 bridgehead atoms. The average molecular weight is 335 g/mol. The summed E-state index contributed by atoms with van der Waals surface area (Å²) in [7, 11) is 3.17. The molecule has 6 nitrogen and oxygen atoms in total. The van der Waals surface area contributed by atoms with Gasteiger partial charge in [0.1, 0.15) is 0 Å². The van der Waals surface area contributed by atoms with Gasteiger partial charge in [-0.15, -0.1) is 0 Å². The van der Waals surface area contributed by atoms with E-state index in [0.29, 0.717) is 19.6 Å². The Balaban J connectivity index is 2.87. The fourth-order valence-electron chi connectivity index (χ4n) is 1.62. The summed E-state index contributed by atoms with van der Waals surface area (Å²) in [6, 6.07) is 2.14. The minimum atomic E-state index is -1.23. The van der Waals surface area contributed by atoms with Gasteiger partial charge < -0.3 is 20.1 Å². The molecule has 0 heterocycles. The third-order valence-electron chi connectivity index (χ3n) is 2.71. The van der Waals surface area contributed by atoms with Crippen molar-refractivity contribution in [1.82, 2.24) is 4.90 Å². The van der Waals surface area contributed by atoms with Crippen molar-refractivity contribution >= 4 is 40.9 Å².